The van der Waals surface area contributed by atoms with Crippen molar-refractivity contribution in [2.24, 2.45) is 0 Å². The molecule has 0 aromatic heterocycles. The maximum absolute atomic E-state index is 12.5. The van der Waals surface area contributed by atoms with Crippen molar-refractivity contribution in [3.63, 3.8) is 0 Å². The Labute approximate surface area is 145 Å². The van der Waals surface area contributed by atoms with Gasteiger partial charge in [0.15, 0.2) is 0 Å². The van der Waals surface area contributed by atoms with Crippen LogP contribution in [0.5, 0.6) is 0 Å². The normalized spacial score (nSPS) is 21.2. The first-order valence-corrected chi connectivity index (χ1v) is 9.08. The molecule has 0 aliphatic carbocycles. The van der Waals surface area contributed by atoms with E-state index in [-0.39, 0.29) is 24.0 Å². The van der Waals surface area contributed by atoms with Crippen LogP contribution in [0, 0.1) is 12.3 Å². The van der Waals surface area contributed by atoms with E-state index >= 15 is 0 Å². The molecule has 2 heterocycles. The topological polar surface area (TPSA) is 55.9 Å². The number of nitrogens with zero attached hydrogens (tertiary/aromatic N) is 3. The third-order valence-electron chi connectivity index (χ3n) is 5.11. The Morgan fingerprint density at radius 1 is 1.08 bits per heavy atom. The highest BCUT2D eigenvalue weighted by Crippen LogP contribution is 2.14. The molecule has 0 aromatic carbocycles. The number of hydrogen-bond acceptors (Lipinski definition) is 3. The predicted molar refractivity (Wildman–Crippen MR) is 94.5 cm³/mol. The third kappa shape index (κ3) is 4.64. The first-order valence-electron chi connectivity index (χ1n) is 9.08. The number of terminal acetylenes is 1. The van der Waals surface area contributed by atoms with Gasteiger partial charge in [-0.2, -0.15) is 0 Å². The third-order valence-corrected chi connectivity index (χ3v) is 5.11. The van der Waals surface area contributed by atoms with Gasteiger partial charge in [-0.3, -0.25) is 9.69 Å². The standard InChI is InChI=1S/C18H30N4O2/c1-4-8-16(5-2)19-18(24)22-13-11-20(12-14-22)15(3)17(23)21-9-6-7-10-21/h1,15-16H,5-14H2,2-3H3,(H,19,24)/t15-,16-/m0/s1. The average molecular weight is 334 g/mol. The Morgan fingerprint density at radius 3 is 2.25 bits per heavy atom. The molecule has 0 radical (unpaired) electrons. The first kappa shape index (κ1) is 18.6. The van der Waals surface area contributed by atoms with Crippen LogP contribution in [0.25, 0.3) is 0 Å². The quantitative estimate of drug-likeness (QED) is 0.767. The van der Waals surface area contributed by atoms with Crippen molar-refractivity contribution in [2.75, 3.05) is 39.3 Å². The Morgan fingerprint density at radius 2 is 1.71 bits per heavy atom. The number of piperazine rings is 1. The van der Waals surface area contributed by atoms with Crippen molar-refractivity contribution in [1.29, 1.82) is 0 Å². The van der Waals surface area contributed by atoms with Crippen LogP contribution in [0.15, 0.2) is 0 Å². The fourth-order valence-corrected chi connectivity index (χ4v) is 3.38. The zero-order chi connectivity index (χ0) is 17.5. The van der Waals surface area contributed by atoms with Gasteiger partial charge in [-0.05, 0) is 26.2 Å². The lowest BCUT2D eigenvalue weighted by molar-refractivity contribution is -0.135. The Hall–Kier alpha value is -1.74. The van der Waals surface area contributed by atoms with E-state index in [9.17, 15) is 9.59 Å². The molecule has 0 spiro atoms. The van der Waals surface area contributed by atoms with Gasteiger partial charge < -0.3 is 15.1 Å². The van der Waals surface area contributed by atoms with Gasteiger partial charge in [0, 0.05) is 51.7 Å². The summed E-state index contributed by atoms with van der Waals surface area (Å²) in [6, 6.07) is -0.107. The molecule has 0 unspecified atom stereocenters. The molecule has 0 bridgehead atoms. The number of urea groups is 1. The number of rotatable bonds is 5. The molecule has 2 aliphatic heterocycles. The zero-order valence-corrected chi connectivity index (χ0v) is 15.0. The van der Waals surface area contributed by atoms with Gasteiger partial charge in [0.05, 0.1) is 6.04 Å². The molecule has 3 amide bonds. The minimum absolute atomic E-state index is 0.0381. The summed E-state index contributed by atoms with van der Waals surface area (Å²) in [7, 11) is 0. The van der Waals surface area contributed by atoms with Gasteiger partial charge in [-0.15, -0.1) is 12.3 Å². The number of carbonyl (C=O) groups is 2. The van der Waals surface area contributed by atoms with Crippen molar-refractivity contribution in [3.05, 3.63) is 0 Å². The largest absolute Gasteiger partial charge is 0.341 e. The molecule has 2 atom stereocenters. The molecule has 1 N–H and O–H groups in total. The minimum Gasteiger partial charge on any atom is -0.341 e. The Kier molecular flexibility index (Phi) is 6.92. The van der Waals surface area contributed by atoms with Crippen LogP contribution in [-0.4, -0.2) is 78.0 Å². The summed E-state index contributed by atoms with van der Waals surface area (Å²) in [4.78, 5) is 30.8. The van der Waals surface area contributed by atoms with Gasteiger partial charge >= 0.3 is 6.03 Å². The second-order valence-corrected chi connectivity index (χ2v) is 6.69. The second-order valence-electron chi connectivity index (χ2n) is 6.69. The molecular weight excluding hydrogens is 304 g/mol. The lowest BCUT2D eigenvalue weighted by Gasteiger charge is -2.38. The molecule has 2 saturated heterocycles. The van der Waals surface area contributed by atoms with Crippen LogP contribution in [0.1, 0.15) is 39.5 Å². The van der Waals surface area contributed by atoms with Crippen LogP contribution >= 0.6 is 0 Å². The van der Waals surface area contributed by atoms with Crippen LogP contribution in [0.4, 0.5) is 4.79 Å². The van der Waals surface area contributed by atoms with E-state index in [1.165, 1.54) is 0 Å². The van der Waals surface area contributed by atoms with E-state index in [1.807, 2.05) is 23.6 Å². The van der Waals surface area contributed by atoms with E-state index in [4.69, 9.17) is 6.42 Å². The average Bonchev–Trinajstić information content (AvgIpc) is 3.14. The van der Waals surface area contributed by atoms with E-state index in [0.29, 0.717) is 19.5 Å². The molecule has 6 nitrogen and oxygen atoms in total. The fraction of sp³-hybridized carbons (Fsp3) is 0.778. The molecule has 2 fully saturated rings. The predicted octanol–water partition coefficient (Wildman–Crippen LogP) is 1.13. The Balaban J connectivity index is 1.79. The molecule has 24 heavy (non-hydrogen) atoms. The summed E-state index contributed by atoms with van der Waals surface area (Å²) >= 11 is 0. The summed E-state index contributed by atoms with van der Waals surface area (Å²) in [6.45, 7) is 8.55. The summed E-state index contributed by atoms with van der Waals surface area (Å²) in [6.07, 6.45) is 8.95. The van der Waals surface area contributed by atoms with Crippen molar-refractivity contribution < 1.29 is 9.59 Å². The molecule has 0 aromatic rings. The van der Waals surface area contributed by atoms with Crippen LogP contribution in [-0.2, 0) is 4.79 Å². The van der Waals surface area contributed by atoms with Gasteiger partial charge in [-0.1, -0.05) is 6.92 Å². The summed E-state index contributed by atoms with van der Waals surface area (Å²) < 4.78 is 0. The maximum atomic E-state index is 12.5. The van der Waals surface area contributed by atoms with Crippen molar-refractivity contribution in [3.8, 4) is 12.3 Å². The molecular formula is C18H30N4O2. The van der Waals surface area contributed by atoms with Crippen molar-refractivity contribution in [2.45, 2.75) is 51.6 Å². The van der Waals surface area contributed by atoms with Crippen molar-refractivity contribution >= 4 is 11.9 Å². The van der Waals surface area contributed by atoms with Crippen molar-refractivity contribution in [1.82, 2.24) is 20.0 Å². The van der Waals surface area contributed by atoms with Crippen LogP contribution in [0.2, 0.25) is 0 Å². The first-order chi connectivity index (χ1) is 11.6. The second kappa shape index (κ2) is 8.93. The smallest absolute Gasteiger partial charge is 0.317 e. The monoisotopic (exact) mass is 334 g/mol. The molecule has 6 heteroatoms. The lowest BCUT2D eigenvalue weighted by Crippen LogP contribution is -2.57. The zero-order valence-electron chi connectivity index (χ0n) is 15.0. The van der Waals surface area contributed by atoms with Gasteiger partial charge in [0.2, 0.25) is 5.91 Å². The number of carbonyl (C=O) groups excluding carboxylic acids is 2. The number of nitrogens with one attached hydrogen (secondary N) is 1. The minimum atomic E-state index is -0.0989. The summed E-state index contributed by atoms with van der Waals surface area (Å²) in [5, 5.41) is 3.00. The van der Waals surface area contributed by atoms with E-state index in [2.05, 4.69) is 16.1 Å². The van der Waals surface area contributed by atoms with Crippen LogP contribution in [0.3, 0.4) is 0 Å². The SMILES string of the molecule is C#CC[C@H](CC)NC(=O)N1CCN([C@@H](C)C(=O)N2CCCC2)CC1. The number of hydrogen-bond donors (Lipinski definition) is 1. The Bertz CT molecular complexity index is 474. The maximum Gasteiger partial charge on any atom is 0.317 e. The molecule has 0 saturated carbocycles. The summed E-state index contributed by atoms with van der Waals surface area (Å²) in [5.74, 6) is 2.83. The molecule has 134 valence electrons. The highest BCUT2D eigenvalue weighted by Gasteiger charge is 2.31. The highest BCUT2D eigenvalue weighted by molar-refractivity contribution is 5.81. The summed E-state index contributed by atoms with van der Waals surface area (Å²) in [5.41, 5.74) is 0. The van der Waals surface area contributed by atoms with Gasteiger partial charge in [0.1, 0.15) is 0 Å². The molecule has 2 aliphatic rings. The highest BCUT2D eigenvalue weighted by atomic mass is 16.2. The molecule has 2 rings (SSSR count). The van der Waals surface area contributed by atoms with E-state index in [0.717, 1.165) is 45.4 Å². The van der Waals surface area contributed by atoms with E-state index in [1.54, 1.807) is 0 Å². The van der Waals surface area contributed by atoms with Gasteiger partial charge in [0.25, 0.3) is 0 Å². The van der Waals surface area contributed by atoms with Crippen LogP contribution < -0.4 is 5.32 Å². The fourth-order valence-electron chi connectivity index (χ4n) is 3.38. The van der Waals surface area contributed by atoms with Gasteiger partial charge in [-0.25, -0.2) is 4.79 Å². The number of amides is 3. The van der Waals surface area contributed by atoms with E-state index < -0.39 is 0 Å². The lowest BCUT2D eigenvalue weighted by atomic mass is 10.1. The number of likely N-dealkylation sites (tertiary alicyclic amines) is 1.